The van der Waals surface area contributed by atoms with Gasteiger partial charge in [0.2, 0.25) is 0 Å². The van der Waals surface area contributed by atoms with Crippen molar-refractivity contribution in [2.24, 2.45) is 0 Å². The van der Waals surface area contributed by atoms with Gasteiger partial charge in [0.15, 0.2) is 0 Å². The molecule has 1 N–H and O–H groups in total. The molecule has 33 heavy (non-hydrogen) atoms. The number of nitrogens with zero attached hydrogens (tertiary/aromatic N) is 1. The summed E-state index contributed by atoms with van der Waals surface area (Å²) >= 11 is 6.15. The van der Waals surface area contributed by atoms with Crippen LogP contribution < -0.4 is 10.2 Å². The van der Waals surface area contributed by atoms with Crippen molar-refractivity contribution in [3.8, 4) is 0 Å². The van der Waals surface area contributed by atoms with Crippen LogP contribution in [-0.2, 0) is 19.1 Å². The number of esters is 2. The van der Waals surface area contributed by atoms with Crippen LogP contribution in [0.5, 0.6) is 0 Å². The second-order valence-corrected chi connectivity index (χ2v) is 8.17. The number of halogens is 1. The summed E-state index contributed by atoms with van der Waals surface area (Å²) in [7, 11) is 0. The molecule has 1 heterocycles. The van der Waals surface area contributed by atoms with Gasteiger partial charge < -0.3 is 14.8 Å². The van der Waals surface area contributed by atoms with Crippen LogP contribution in [0.1, 0.15) is 48.4 Å². The highest BCUT2D eigenvalue weighted by molar-refractivity contribution is 6.53. The van der Waals surface area contributed by atoms with E-state index < -0.39 is 23.8 Å². The number of rotatable bonds is 7. The molecule has 0 saturated carbocycles. The first kappa shape index (κ1) is 24.0. The van der Waals surface area contributed by atoms with E-state index in [0.29, 0.717) is 16.8 Å². The van der Waals surface area contributed by atoms with Gasteiger partial charge in [0, 0.05) is 5.69 Å². The zero-order valence-electron chi connectivity index (χ0n) is 18.5. The van der Waals surface area contributed by atoms with E-state index in [1.807, 2.05) is 0 Å². The van der Waals surface area contributed by atoms with Crippen molar-refractivity contribution in [2.45, 2.75) is 39.9 Å². The summed E-state index contributed by atoms with van der Waals surface area (Å²) in [4.78, 5) is 50.5. The van der Waals surface area contributed by atoms with E-state index in [2.05, 4.69) is 5.32 Å². The molecule has 0 unspecified atom stereocenters. The molecule has 2 amide bonds. The number of carbonyl (C=O) groups excluding carboxylic acids is 4. The Labute approximate surface area is 196 Å². The first-order valence-corrected chi connectivity index (χ1v) is 10.6. The highest BCUT2D eigenvalue weighted by Gasteiger charge is 2.39. The molecule has 8 nitrogen and oxygen atoms in total. The van der Waals surface area contributed by atoms with Gasteiger partial charge in [-0.05, 0) is 76.2 Å². The topological polar surface area (TPSA) is 102 Å². The molecular weight excluding hydrogens is 448 g/mol. The lowest BCUT2D eigenvalue weighted by molar-refractivity contribution is -0.120. The maximum absolute atomic E-state index is 12.9. The van der Waals surface area contributed by atoms with E-state index >= 15 is 0 Å². The molecule has 0 aromatic heterocycles. The third kappa shape index (κ3) is 5.40. The largest absolute Gasteiger partial charge is 0.459 e. The fourth-order valence-electron chi connectivity index (χ4n) is 2.99. The summed E-state index contributed by atoms with van der Waals surface area (Å²) in [5.74, 6) is -2.31. The Bertz CT molecular complexity index is 1120. The van der Waals surface area contributed by atoms with Crippen LogP contribution >= 0.6 is 11.6 Å². The van der Waals surface area contributed by atoms with E-state index in [-0.39, 0.29) is 28.6 Å². The highest BCUT2D eigenvalue weighted by Crippen LogP contribution is 2.30. The molecular formula is C24H23ClN2O6. The molecule has 0 saturated heterocycles. The Kier molecular flexibility index (Phi) is 7.18. The van der Waals surface area contributed by atoms with Gasteiger partial charge in [-0.3, -0.25) is 9.59 Å². The van der Waals surface area contributed by atoms with Crippen LogP contribution in [0.4, 0.5) is 11.4 Å². The first-order valence-electron chi connectivity index (χ1n) is 10.3. The third-order valence-electron chi connectivity index (χ3n) is 4.46. The SMILES string of the molecule is CC(C)OC(=O)c1ccc(NC2=C(Cl)C(=O)N(c3ccc(C(=O)OC(C)C)cc3)C2=O)cc1. The van der Waals surface area contributed by atoms with Crippen molar-refractivity contribution in [1.29, 1.82) is 0 Å². The lowest BCUT2D eigenvalue weighted by Gasteiger charge is -2.16. The summed E-state index contributed by atoms with van der Waals surface area (Å²) in [6.07, 6.45) is -0.521. The quantitative estimate of drug-likeness (QED) is 0.476. The van der Waals surface area contributed by atoms with Gasteiger partial charge in [-0.15, -0.1) is 0 Å². The Morgan fingerprint density at radius 3 is 1.70 bits per heavy atom. The Balaban J connectivity index is 1.75. The van der Waals surface area contributed by atoms with Crippen LogP contribution in [0.3, 0.4) is 0 Å². The maximum atomic E-state index is 12.9. The van der Waals surface area contributed by atoms with E-state index in [9.17, 15) is 19.2 Å². The molecule has 0 atom stereocenters. The summed E-state index contributed by atoms with van der Waals surface area (Å²) in [5, 5.41) is 2.57. The minimum Gasteiger partial charge on any atom is -0.459 e. The van der Waals surface area contributed by atoms with Gasteiger partial charge in [0.05, 0.1) is 29.0 Å². The third-order valence-corrected chi connectivity index (χ3v) is 4.81. The van der Waals surface area contributed by atoms with E-state index in [1.165, 1.54) is 36.4 Å². The smallest absolute Gasteiger partial charge is 0.338 e. The molecule has 1 aliphatic heterocycles. The highest BCUT2D eigenvalue weighted by atomic mass is 35.5. The number of ether oxygens (including phenoxy) is 2. The summed E-state index contributed by atoms with van der Waals surface area (Å²) in [5.41, 5.74) is 1.26. The van der Waals surface area contributed by atoms with E-state index in [0.717, 1.165) is 4.90 Å². The van der Waals surface area contributed by atoms with Crippen molar-refractivity contribution in [1.82, 2.24) is 0 Å². The van der Waals surface area contributed by atoms with Crippen molar-refractivity contribution < 1.29 is 28.7 Å². The molecule has 2 aromatic carbocycles. The van der Waals surface area contributed by atoms with Gasteiger partial charge in [0.25, 0.3) is 11.8 Å². The van der Waals surface area contributed by atoms with E-state index in [4.69, 9.17) is 21.1 Å². The number of imide groups is 1. The standard InChI is InChI=1S/C24H23ClN2O6/c1-13(2)32-23(30)15-5-9-17(10-6-15)26-20-19(25)21(28)27(22(20)29)18-11-7-16(8-12-18)24(31)33-14(3)4/h5-14,26H,1-4H3. The fraction of sp³-hybridized carbons (Fsp3) is 0.250. The molecule has 0 spiro atoms. The number of amides is 2. The number of anilines is 2. The van der Waals surface area contributed by atoms with Crippen LogP contribution in [0.15, 0.2) is 59.3 Å². The number of hydrogen-bond donors (Lipinski definition) is 1. The Morgan fingerprint density at radius 1 is 0.788 bits per heavy atom. The van der Waals surface area contributed by atoms with Crippen molar-refractivity contribution >= 4 is 46.7 Å². The number of nitrogens with one attached hydrogen (secondary N) is 1. The monoisotopic (exact) mass is 470 g/mol. The van der Waals surface area contributed by atoms with Gasteiger partial charge in [-0.1, -0.05) is 11.6 Å². The average Bonchev–Trinajstić information content (AvgIpc) is 2.96. The van der Waals surface area contributed by atoms with Crippen LogP contribution in [0.2, 0.25) is 0 Å². The van der Waals surface area contributed by atoms with E-state index in [1.54, 1.807) is 39.8 Å². The molecule has 0 radical (unpaired) electrons. The Hall–Kier alpha value is -3.65. The maximum Gasteiger partial charge on any atom is 0.338 e. The average molecular weight is 471 g/mol. The zero-order valence-corrected chi connectivity index (χ0v) is 19.3. The fourth-order valence-corrected chi connectivity index (χ4v) is 3.20. The van der Waals surface area contributed by atoms with Crippen molar-refractivity contribution in [3.05, 3.63) is 70.4 Å². The molecule has 0 aliphatic carbocycles. The number of hydrogen-bond acceptors (Lipinski definition) is 7. The van der Waals surface area contributed by atoms with Gasteiger partial charge in [-0.2, -0.15) is 0 Å². The molecule has 1 aliphatic rings. The predicted octanol–water partition coefficient (Wildman–Crippen LogP) is 4.25. The van der Waals surface area contributed by atoms with Gasteiger partial charge in [0.1, 0.15) is 10.7 Å². The summed E-state index contributed by atoms with van der Waals surface area (Å²) < 4.78 is 10.3. The van der Waals surface area contributed by atoms with Crippen LogP contribution in [0, 0.1) is 0 Å². The second kappa shape index (κ2) is 9.87. The first-order chi connectivity index (χ1) is 15.6. The lowest BCUT2D eigenvalue weighted by atomic mass is 10.2. The predicted molar refractivity (Wildman–Crippen MR) is 123 cm³/mol. The van der Waals surface area contributed by atoms with Crippen LogP contribution in [-0.4, -0.2) is 36.0 Å². The van der Waals surface area contributed by atoms with Crippen LogP contribution in [0.25, 0.3) is 0 Å². The lowest BCUT2D eigenvalue weighted by Crippen LogP contribution is -2.32. The molecule has 2 aromatic rings. The minimum absolute atomic E-state index is 0.0949. The summed E-state index contributed by atoms with van der Waals surface area (Å²) in [6.45, 7) is 6.98. The molecule has 0 fully saturated rings. The normalized spacial score (nSPS) is 13.7. The zero-order chi connectivity index (χ0) is 24.3. The minimum atomic E-state index is -0.696. The Morgan fingerprint density at radius 2 is 1.24 bits per heavy atom. The van der Waals surface area contributed by atoms with Crippen molar-refractivity contribution in [3.63, 3.8) is 0 Å². The van der Waals surface area contributed by atoms with Gasteiger partial charge in [-0.25, -0.2) is 14.5 Å². The molecule has 9 heteroatoms. The molecule has 172 valence electrons. The number of carbonyl (C=O) groups is 4. The van der Waals surface area contributed by atoms with Gasteiger partial charge >= 0.3 is 11.9 Å². The summed E-state index contributed by atoms with van der Waals surface area (Å²) in [6, 6.07) is 12.1. The number of benzene rings is 2. The molecule has 0 bridgehead atoms. The molecule has 3 rings (SSSR count). The van der Waals surface area contributed by atoms with Crippen molar-refractivity contribution in [2.75, 3.05) is 10.2 Å². The second-order valence-electron chi connectivity index (χ2n) is 7.79.